The molecule has 0 saturated heterocycles. The molecule has 0 atom stereocenters. The van der Waals surface area contributed by atoms with Crippen LogP contribution in [0, 0.1) is 13.8 Å². The van der Waals surface area contributed by atoms with Gasteiger partial charge in [-0.2, -0.15) is 0 Å². The van der Waals surface area contributed by atoms with E-state index >= 15 is 0 Å². The third kappa shape index (κ3) is 5.61. The van der Waals surface area contributed by atoms with Crippen LogP contribution in [0.25, 0.3) is 10.9 Å². The minimum atomic E-state index is -0.137. The second-order valence-corrected chi connectivity index (χ2v) is 8.66. The summed E-state index contributed by atoms with van der Waals surface area (Å²) in [7, 11) is 0. The Kier molecular flexibility index (Phi) is 7.23. The summed E-state index contributed by atoms with van der Waals surface area (Å²) in [6, 6.07) is 17.7. The third-order valence-corrected chi connectivity index (χ3v) is 5.93. The first-order chi connectivity index (χ1) is 16.4. The van der Waals surface area contributed by atoms with Crippen molar-refractivity contribution < 1.29 is 4.74 Å². The van der Waals surface area contributed by atoms with Gasteiger partial charge in [-0.3, -0.25) is 9.78 Å². The molecule has 0 unspecified atom stereocenters. The Hall–Kier alpha value is -3.71. The molecule has 0 aliphatic carbocycles. The SMILES string of the molecule is CCOc1ccc2[nH]c(=O)c(CN(Cc3cccnc3)C(=S)Nc3ccc(C)cc3C)cc2c1. The molecule has 0 radical (unpaired) electrons. The lowest BCUT2D eigenvalue weighted by atomic mass is 10.1. The van der Waals surface area contributed by atoms with Gasteiger partial charge in [0.2, 0.25) is 0 Å². The molecule has 0 fully saturated rings. The molecule has 6 nitrogen and oxygen atoms in total. The molecule has 2 heterocycles. The van der Waals surface area contributed by atoms with E-state index in [1.807, 2.05) is 73.5 Å². The summed E-state index contributed by atoms with van der Waals surface area (Å²) >= 11 is 5.80. The van der Waals surface area contributed by atoms with E-state index in [0.29, 0.717) is 30.4 Å². The average molecular weight is 473 g/mol. The molecule has 2 N–H and O–H groups in total. The van der Waals surface area contributed by atoms with Crippen molar-refractivity contribution in [3.63, 3.8) is 0 Å². The Labute approximate surface area is 204 Å². The number of thiocarbonyl (C=S) groups is 1. The zero-order valence-corrected chi connectivity index (χ0v) is 20.4. The number of nitrogens with one attached hydrogen (secondary N) is 2. The normalized spacial score (nSPS) is 10.8. The van der Waals surface area contributed by atoms with Gasteiger partial charge in [0.05, 0.1) is 13.2 Å². The summed E-state index contributed by atoms with van der Waals surface area (Å²) < 4.78 is 5.63. The van der Waals surface area contributed by atoms with Gasteiger partial charge in [-0.25, -0.2) is 0 Å². The van der Waals surface area contributed by atoms with Crippen LogP contribution in [-0.4, -0.2) is 26.6 Å². The van der Waals surface area contributed by atoms with Gasteiger partial charge in [-0.1, -0.05) is 23.8 Å². The average Bonchev–Trinajstić information content (AvgIpc) is 2.82. The standard InChI is InChI=1S/C27H28N4O2S/c1-4-33-23-8-10-25-21(14-23)13-22(26(32)29-25)17-31(16-20-6-5-11-28-15-20)27(34)30-24-9-7-18(2)12-19(24)3/h5-15H,4,16-17H2,1-3H3,(H,29,32)(H,30,34). The number of hydrogen-bond donors (Lipinski definition) is 2. The third-order valence-electron chi connectivity index (χ3n) is 5.57. The minimum absolute atomic E-state index is 0.137. The zero-order valence-electron chi connectivity index (χ0n) is 19.6. The van der Waals surface area contributed by atoms with Gasteiger partial charge < -0.3 is 19.9 Å². The van der Waals surface area contributed by atoms with Crippen LogP contribution in [0.15, 0.2) is 71.8 Å². The zero-order chi connectivity index (χ0) is 24.1. The van der Waals surface area contributed by atoms with E-state index in [9.17, 15) is 4.79 Å². The van der Waals surface area contributed by atoms with E-state index in [-0.39, 0.29) is 5.56 Å². The van der Waals surface area contributed by atoms with Crippen molar-refractivity contribution in [2.75, 3.05) is 11.9 Å². The maximum absolute atomic E-state index is 12.9. The summed E-state index contributed by atoms with van der Waals surface area (Å²) in [4.78, 5) is 22.1. The van der Waals surface area contributed by atoms with Crippen LogP contribution in [0.4, 0.5) is 5.69 Å². The molecule has 0 bridgehead atoms. The molecular weight excluding hydrogens is 444 g/mol. The lowest BCUT2D eigenvalue weighted by Gasteiger charge is -2.26. The van der Waals surface area contributed by atoms with E-state index < -0.39 is 0 Å². The highest BCUT2D eigenvalue weighted by atomic mass is 32.1. The van der Waals surface area contributed by atoms with Crippen molar-refractivity contribution >= 4 is 33.9 Å². The Morgan fingerprint density at radius 1 is 1.12 bits per heavy atom. The number of benzene rings is 2. The second kappa shape index (κ2) is 10.5. The van der Waals surface area contributed by atoms with Crippen molar-refractivity contribution in [3.05, 3.63) is 99.6 Å². The Morgan fingerprint density at radius 2 is 1.97 bits per heavy atom. The molecule has 4 aromatic rings. The molecule has 0 aliphatic rings. The van der Waals surface area contributed by atoms with Crippen LogP contribution in [0.2, 0.25) is 0 Å². The van der Waals surface area contributed by atoms with E-state index in [1.54, 1.807) is 6.20 Å². The molecule has 0 saturated carbocycles. The first-order valence-electron chi connectivity index (χ1n) is 11.2. The maximum atomic E-state index is 12.9. The van der Waals surface area contributed by atoms with E-state index in [4.69, 9.17) is 17.0 Å². The monoisotopic (exact) mass is 472 g/mol. The summed E-state index contributed by atoms with van der Waals surface area (Å²) in [5, 5.41) is 4.82. The minimum Gasteiger partial charge on any atom is -0.494 e. The van der Waals surface area contributed by atoms with Crippen LogP contribution < -0.4 is 15.6 Å². The first-order valence-corrected chi connectivity index (χ1v) is 11.6. The molecule has 2 aromatic carbocycles. The predicted molar refractivity (Wildman–Crippen MR) is 141 cm³/mol. The van der Waals surface area contributed by atoms with Crippen LogP contribution in [0.1, 0.15) is 29.2 Å². The highest BCUT2D eigenvalue weighted by Crippen LogP contribution is 2.21. The number of fused-ring (bicyclic) bond motifs is 1. The van der Waals surface area contributed by atoms with Gasteiger partial charge in [0.25, 0.3) is 5.56 Å². The fraction of sp³-hybridized carbons (Fsp3) is 0.222. The highest BCUT2D eigenvalue weighted by molar-refractivity contribution is 7.80. The molecule has 2 aromatic heterocycles. The van der Waals surface area contributed by atoms with E-state index in [2.05, 4.69) is 28.3 Å². The van der Waals surface area contributed by atoms with Crippen molar-refractivity contribution in [1.82, 2.24) is 14.9 Å². The number of ether oxygens (including phenoxy) is 1. The fourth-order valence-corrected chi connectivity index (χ4v) is 4.11. The molecular formula is C27H28N4O2S. The highest BCUT2D eigenvalue weighted by Gasteiger charge is 2.15. The number of aryl methyl sites for hydroxylation is 2. The van der Waals surface area contributed by atoms with Crippen LogP contribution >= 0.6 is 12.2 Å². The molecule has 0 spiro atoms. The van der Waals surface area contributed by atoms with E-state index in [1.165, 1.54) is 5.56 Å². The number of aromatic nitrogens is 2. The van der Waals surface area contributed by atoms with E-state index in [0.717, 1.165) is 33.5 Å². The summed E-state index contributed by atoms with van der Waals surface area (Å²) in [5.74, 6) is 0.771. The van der Waals surface area contributed by atoms with Crippen molar-refractivity contribution in [2.24, 2.45) is 0 Å². The number of aromatic amines is 1. The lowest BCUT2D eigenvalue weighted by Crippen LogP contribution is -2.35. The molecule has 4 rings (SSSR count). The number of rotatable bonds is 7. The van der Waals surface area contributed by atoms with Gasteiger partial charge in [-0.05, 0) is 80.5 Å². The second-order valence-electron chi connectivity index (χ2n) is 8.27. The fourth-order valence-electron chi connectivity index (χ4n) is 3.87. The molecule has 34 heavy (non-hydrogen) atoms. The number of pyridine rings is 2. The number of nitrogens with zero attached hydrogens (tertiary/aromatic N) is 2. The Bertz CT molecular complexity index is 1370. The Morgan fingerprint density at radius 3 is 2.71 bits per heavy atom. The summed E-state index contributed by atoms with van der Waals surface area (Å²) in [6.45, 7) is 7.50. The largest absolute Gasteiger partial charge is 0.494 e. The van der Waals surface area contributed by atoms with Crippen molar-refractivity contribution in [2.45, 2.75) is 33.9 Å². The van der Waals surface area contributed by atoms with Crippen molar-refractivity contribution in [3.8, 4) is 5.75 Å². The number of H-pyrrole nitrogens is 1. The van der Waals surface area contributed by atoms with Crippen LogP contribution in [-0.2, 0) is 13.1 Å². The molecule has 0 aliphatic heterocycles. The number of hydrogen-bond acceptors (Lipinski definition) is 4. The van der Waals surface area contributed by atoms with Crippen LogP contribution in [0.5, 0.6) is 5.75 Å². The van der Waals surface area contributed by atoms with Crippen LogP contribution in [0.3, 0.4) is 0 Å². The van der Waals surface area contributed by atoms with Gasteiger partial charge in [0.15, 0.2) is 5.11 Å². The Balaban J connectivity index is 1.65. The van der Waals surface area contributed by atoms with Crippen molar-refractivity contribution in [1.29, 1.82) is 0 Å². The maximum Gasteiger partial charge on any atom is 0.253 e. The smallest absolute Gasteiger partial charge is 0.253 e. The van der Waals surface area contributed by atoms with Gasteiger partial charge in [-0.15, -0.1) is 0 Å². The van der Waals surface area contributed by atoms with Gasteiger partial charge in [0.1, 0.15) is 5.75 Å². The predicted octanol–water partition coefficient (Wildman–Crippen LogP) is 5.34. The topological polar surface area (TPSA) is 70.2 Å². The van der Waals surface area contributed by atoms with Gasteiger partial charge in [0, 0.05) is 41.1 Å². The first kappa shape index (κ1) is 23.4. The summed E-state index contributed by atoms with van der Waals surface area (Å²) in [6.07, 6.45) is 3.55. The lowest BCUT2D eigenvalue weighted by molar-refractivity contribution is 0.340. The summed E-state index contributed by atoms with van der Waals surface area (Å²) in [5.41, 5.74) is 5.50. The molecule has 0 amide bonds. The van der Waals surface area contributed by atoms with Gasteiger partial charge >= 0.3 is 0 Å². The quantitative estimate of drug-likeness (QED) is 0.354. The molecule has 174 valence electrons. The molecule has 7 heteroatoms. The number of anilines is 1.